The van der Waals surface area contributed by atoms with E-state index in [1.54, 1.807) is 24.3 Å². The third-order valence-electron chi connectivity index (χ3n) is 4.33. The molecule has 0 spiro atoms. The molecule has 23 heavy (non-hydrogen) atoms. The molecule has 1 aliphatic rings. The maximum absolute atomic E-state index is 12.9. The Kier molecular flexibility index (Phi) is 4.28. The standard InChI is InChI=1S/C20H20O3/c1-2-3-13-20(14-17(21)15-9-5-4-6-10-15)19(22)16-11-7-8-12-18(16)23-20/h4-12H,2-3,13-14H2,1H3. The van der Waals surface area contributed by atoms with Crippen molar-refractivity contribution in [3.63, 3.8) is 0 Å². The van der Waals surface area contributed by atoms with E-state index >= 15 is 0 Å². The molecule has 2 aromatic rings. The monoisotopic (exact) mass is 308 g/mol. The van der Waals surface area contributed by atoms with Crippen LogP contribution >= 0.6 is 0 Å². The second kappa shape index (κ2) is 6.37. The van der Waals surface area contributed by atoms with E-state index in [-0.39, 0.29) is 18.0 Å². The zero-order valence-electron chi connectivity index (χ0n) is 13.2. The summed E-state index contributed by atoms with van der Waals surface area (Å²) >= 11 is 0. The van der Waals surface area contributed by atoms with Gasteiger partial charge < -0.3 is 4.74 Å². The lowest BCUT2D eigenvalue weighted by molar-refractivity contribution is 0.0447. The largest absolute Gasteiger partial charge is 0.478 e. The number of Topliss-reactive ketones (excluding diaryl/α,β-unsaturated/α-hetero) is 2. The predicted molar refractivity (Wildman–Crippen MR) is 89.0 cm³/mol. The minimum absolute atomic E-state index is 0.0529. The molecule has 0 aliphatic carbocycles. The zero-order valence-corrected chi connectivity index (χ0v) is 13.2. The molecule has 3 nitrogen and oxygen atoms in total. The molecule has 0 N–H and O–H groups in total. The SMILES string of the molecule is CCCCC1(CC(=O)c2ccccc2)Oc2ccccc2C1=O. The molecule has 0 fully saturated rings. The van der Waals surface area contributed by atoms with E-state index in [1.165, 1.54) is 0 Å². The number of carbonyl (C=O) groups excluding carboxylic acids is 2. The fourth-order valence-corrected chi connectivity index (χ4v) is 3.06. The van der Waals surface area contributed by atoms with Crippen molar-refractivity contribution in [1.82, 2.24) is 0 Å². The number of ketones is 2. The molecule has 0 saturated carbocycles. The van der Waals surface area contributed by atoms with E-state index in [4.69, 9.17) is 4.74 Å². The highest BCUT2D eigenvalue weighted by Crippen LogP contribution is 2.40. The van der Waals surface area contributed by atoms with Gasteiger partial charge in [-0.05, 0) is 25.0 Å². The Morgan fingerprint density at radius 1 is 1.04 bits per heavy atom. The van der Waals surface area contributed by atoms with Gasteiger partial charge in [-0.2, -0.15) is 0 Å². The quantitative estimate of drug-likeness (QED) is 0.740. The number of ether oxygens (including phenoxy) is 1. The first kappa shape index (κ1) is 15.5. The van der Waals surface area contributed by atoms with Gasteiger partial charge >= 0.3 is 0 Å². The van der Waals surface area contributed by atoms with Gasteiger partial charge in [-0.15, -0.1) is 0 Å². The number of rotatable bonds is 6. The van der Waals surface area contributed by atoms with E-state index in [0.717, 1.165) is 12.8 Å². The summed E-state index contributed by atoms with van der Waals surface area (Å²) in [5.41, 5.74) is 0.160. The van der Waals surface area contributed by atoms with Gasteiger partial charge in [-0.1, -0.05) is 55.8 Å². The van der Waals surface area contributed by atoms with Crippen LogP contribution in [-0.2, 0) is 0 Å². The van der Waals surface area contributed by atoms with E-state index < -0.39 is 5.60 Å². The maximum Gasteiger partial charge on any atom is 0.210 e. The van der Waals surface area contributed by atoms with Crippen molar-refractivity contribution in [1.29, 1.82) is 0 Å². The Labute approximate surface area is 136 Å². The van der Waals surface area contributed by atoms with E-state index in [1.807, 2.05) is 30.3 Å². The van der Waals surface area contributed by atoms with Gasteiger partial charge in [0.1, 0.15) is 5.75 Å². The predicted octanol–water partition coefficient (Wildman–Crippen LogP) is 4.46. The van der Waals surface area contributed by atoms with Crippen molar-refractivity contribution in [2.24, 2.45) is 0 Å². The van der Waals surface area contributed by atoms with Crippen LogP contribution in [0.4, 0.5) is 0 Å². The van der Waals surface area contributed by atoms with Crippen LogP contribution in [0.5, 0.6) is 5.75 Å². The summed E-state index contributed by atoms with van der Waals surface area (Å²) in [4.78, 5) is 25.5. The molecule has 0 amide bonds. The van der Waals surface area contributed by atoms with Crippen LogP contribution in [-0.4, -0.2) is 17.2 Å². The van der Waals surface area contributed by atoms with Gasteiger partial charge in [-0.25, -0.2) is 0 Å². The maximum atomic E-state index is 12.9. The van der Waals surface area contributed by atoms with Gasteiger partial charge in [0.2, 0.25) is 5.78 Å². The average Bonchev–Trinajstić information content (AvgIpc) is 2.86. The summed E-state index contributed by atoms with van der Waals surface area (Å²) in [5, 5.41) is 0. The van der Waals surface area contributed by atoms with Crippen LogP contribution in [0.15, 0.2) is 54.6 Å². The van der Waals surface area contributed by atoms with E-state index in [0.29, 0.717) is 23.3 Å². The topological polar surface area (TPSA) is 43.4 Å². The van der Waals surface area contributed by atoms with Crippen LogP contribution in [0.1, 0.15) is 53.3 Å². The Morgan fingerprint density at radius 3 is 2.43 bits per heavy atom. The minimum Gasteiger partial charge on any atom is -0.478 e. The van der Waals surface area contributed by atoms with Gasteiger partial charge in [0.05, 0.1) is 12.0 Å². The van der Waals surface area contributed by atoms with Crippen molar-refractivity contribution in [3.05, 3.63) is 65.7 Å². The van der Waals surface area contributed by atoms with E-state index in [2.05, 4.69) is 6.92 Å². The number of unbranched alkanes of at least 4 members (excludes halogenated alkanes) is 1. The summed E-state index contributed by atoms with van der Waals surface area (Å²) in [6.07, 6.45) is 2.45. The van der Waals surface area contributed by atoms with Crippen molar-refractivity contribution in [2.45, 2.75) is 38.2 Å². The lowest BCUT2D eigenvalue weighted by atomic mass is 9.84. The van der Waals surface area contributed by atoms with Crippen LogP contribution in [0.3, 0.4) is 0 Å². The molecular weight excluding hydrogens is 288 g/mol. The second-order valence-electron chi connectivity index (χ2n) is 5.99. The lowest BCUT2D eigenvalue weighted by Gasteiger charge is -2.26. The molecule has 0 saturated heterocycles. The number of hydrogen-bond donors (Lipinski definition) is 0. The molecule has 118 valence electrons. The van der Waals surface area contributed by atoms with Crippen LogP contribution < -0.4 is 4.74 Å². The molecule has 2 aromatic carbocycles. The van der Waals surface area contributed by atoms with Crippen LogP contribution in [0, 0.1) is 0 Å². The highest BCUT2D eigenvalue weighted by atomic mass is 16.5. The fourth-order valence-electron chi connectivity index (χ4n) is 3.06. The number of fused-ring (bicyclic) bond motifs is 1. The summed E-state index contributed by atoms with van der Waals surface area (Å²) in [7, 11) is 0. The molecule has 1 unspecified atom stereocenters. The fraction of sp³-hybridized carbons (Fsp3) is 0.300. The summed E-state index contributed by atoms with van der Waals surface area (Å²) < 4.78 is 6.03. The Hall–Kier alpha value is -2.42. The molecule has 0 aromatic heterocycles. The molecular formula is C20H20O3. The molecule has 1 atom stereocenters. The van der Waals surface area contributed by atoms with Gasteiger partial charge in [0, 0.05) is 5.56 Å². The van der Waals surface area contributed by atoms with Crippen LogP contribution in [0.25, 0.3) is 0 Å². The van der Waals surface area contributed by atoms with Crippen molar-refractivity contribution in [2.75, 3.05) is 0 Å². The second-order valence-corrected chi connectivity index (χ2v) is 5.99. The van der Waals surface area contributed by atoms with Gasteiger partial charge in [0.15, 0.2) is 11.4 Å². The van der Waals surface area contributed by atoms with Crippen molar-refractivity contribution >= 4 is 11.6 Å². The number of benzene rings is 2. The number of hydrogen-bond acceptors (Lipinski definition) is 3. The van der Waals surface area contributed by atoms with Gasteiger partial charge in [0.25, 0.3) is 0 Å². The first-order valence-electron chi connectivity index (χ1n) is 8.07. The number of carbonyl (C=O) groups is 2. The lowest BCUT2D eigenvalue weighted by Crippen LogP contribution is -2.42. The molecule has 0 bridgehead atoms. The van der Waals surface area contributed by atoms with Crippen molar-refractivity contribution < 1.29 is 14.3 Å². The van der Waals surface area contributed by atoms with E-state index in [9.17, 15) is 9.59 Å². The molecule has 1 aliphatic heterocycles. The Bertz CT molecular complexity index is 721. The Morgan fingerprint density at radius 2 is 1.74 bits per heavy atom. The van der Waals surface area contributed by atoms with Crippen molar-refractivity contribution in [3.8, 4) is 5.75 Å². The molecule has 1 heterocycles. The summed E-state index contributed by atoms with van der Waals surface area (Å²) in [6, 6.07) is 16.3. The molecule has 3 rings (SSSR count). The van der Waals surface area contributed by atoms with Crippen LogP contribution in [0.2, 0.25) is 0 Å². The third-order valence-corrected chi connectivity index (χ3v) is 4.33. The minimum atomic E-state index is -1.05. The normalized spacial score (nSPS) is 19.3. The van der Waals surface area contributed by atoms with Gasteiger partial charge in [-0.3, -0.25) is 9.59 Å². The molecule has 3 heteroatoms. The summed E-state index contributed by atoms with van der Waals surface area (Å²) in [6.45, 7) is 2.07. The molecule has 0 radical (unpaired) electrons. The zero-order chi connectivity index (χ0) is 16.3. The third kappa shape index (κ3) is 2.91. The smallest absolute Gasteiger partial charge is 0.210 e. The highest BCUT2D eigenvalue weighted by Gasteiger charge is 2.48. The Balaban J connectivity index is 1.90. The average molecular weight is 308 g/mol. The summed E-state index contributed by atoms with van der Waals surface area (Å²) in [5.74, 6) is 0.475. The first-order valence-corrected chi connectivity index (χ1v) is 8.07. The number of para-hydroxylation sites is 1. The highest BCUT2D eigenvalue weighted by molar-refractivity contribution is 6.11. The first-order chi connectivity index (χ1) is 11.2.